The van der Waals surface area contributed by atoms with Crippen LogP contribution in [-0.2, 0) is 26.5 Å². The number of benzene rings is 6. The van der Waals surface area contributed by atoms with E-state index in [-0.39, 0.29) is 31.9 Å². The Bertz CT molecular complexity index is 3260. The van der Waals surface area contributed by atoms with Crippen molar-refractivity contribution in [3.05, 3.63) is 187 Å². The van der Waals surface area contributed by atoms with E-state index in [9.17, 15) is 0 Å². The average molecular weight is 1120 g/mol. The van der Waals surface area contributed by atoms with Crippen LogP contribution in [0.1, 0.15) is 70.1 Å². The first-order valence-corrected chi connectivity index (χ1v) is 30.7. The van der Waals surface area contributed by atoms with Crippen LogP contribution in [0.2, 0.25) is 17.3 Å². The van der Waals surface area contributed by atoms with Crippen molar-refractivity contribution in [1.82, 2.24) is 19.5 Å². The van der Waals surface area contributed by atoms with E-state index in [0.717, 1.165) is 73.5 Å². The van der Waals surface area contributed by atoms with Gasteiger partial charge in [-0.25, -0.2) is 4.98 Å². The van der Waals surface area contributed by atoms with Gasteiger partial charge in [-0.1, -0.05) is 118 Å². The quantitative estimate of drug-likeness (QED) is 0.101. The van der Waals surface area contributed by atoms with Gasteiger partial charge in [-0.15, -0.1) is 18.2 Å². The SMILES string of the molecule is CC(C)Cc1cc(-c2[c-]cccc2)nc[c]1[Ge]([CH3])([CH3])[CH3].CC(C)c1cc(-c2ccccc2)cc(C(C)C)c1-n1c(-c2[c-]ccc3c2oc2ccccc23)nc2nc(-c3ccccc3)ccc21.[Ir]. The molecule has 10 aromatic rings. The van der Waals surface area contributed by atoms with Gasteiger partial charge < -0.3 is 8.98 Å². The molecular formula is C60H58GeIrN4O-2. The van der Waals surface area contributed by atoms with Crippen LogP contribution < -0.4 is 4.40 Å². The minimum absolute atomic E-state index is 0. The standard InChI is InChI=1S/C42H34N3O.C18H24GeN.Ir/c1-26(2)34-24-30(28-14-7-5-8-15-28)25-35(27(3)4)39(34)45-37-23-22-36(29-16-9-6-10-17-29)43-41(37)44-42(45)33-20-13-19-32-31-18-11-12-21-38(31)46-40(32)33;1-14(2)11-16-12-18(15-9-7-6-8-10-15)20-13-17(16)19(3,4)5;/h5-19,21-27H,1-4H3;6-9,12-14H,11H2,1-5H3;/q2*-1;. The van der Waals surface area contributed by atoms with E-state index in [0.29, 0.717) is 11.6 Å². The van der Waals surface area contributed by atoms with Crippen molar-refractivity contribution in [3.8, 4) is 50.7 Å². The summed E-state index contributed by atoms with van der Waals surface area (Å²) in [6, 6.07) is 59.4. The van der Waals surface area contributed by atoms with Gasteiger partial charge in [0.15, 0.2) is 5.65 Å². The van der Waals surface area contributed by atoms with Crippen LogP contribution in [-0.4, -0.2) is 32.8 Å². The molecule has 0 saturated carbocycles. The summed E-state index contributed by atoms with van der Waals surface area (Å²) in [4.78, 5) is 15.1. The fourth-order valence-electron chi connectivity index (χ4n) is 9.08. The first kappa shape index (κ1) is 47.6. The molecule has 0 fully saturated rings. The zero-order valence-corrected chi connectivity index (χ0v) is 44.5. The van der Waals surface area contributed by atoms with Crippen molar-refractivity contribution in [2.75, 3.05) is 0 Å². The van der Waals surface area contributed by atoms with Crippen LogP contribution in [0.5, 0.6) is 0 Å². The first-order chi connectivity index (χ1) is 31.9. The molecule has 0 spiro atoms. The van der Waals surface area contributed by atoms with E-state index in [1.807, 2.05) is 54.6 Å². The third-order valence-corrected chi connectivity index (χ3v) is 16.6. The van der Waals surface area contributed by atoms with E-state index in [4.69, 9.17) is 19.4 Å². The predicted octanol–water partition coefficient (Wildman–Crippen LogP) is 15.7. The number of furan rings is 1. The predicted molar refractivity (Wildman–Crippen MR) is 279 cm³/mol. The van der Waals surface area contributed by atoms with Crippen molar-refractivity contribution < 1.29 is 24.5 Å². The van der Waals surface area contributed by atoms with Gasteiger partial charge in [0.05, 0.1) is 22.6 Å². The van der Waals surface area contributed by atoms with E-state index in [1.165, 1.54) is 27.8 Å². The van der Waals surface area contributed by atoms with E-state index < -0.39 is 13.3 Å². The minimum atomic E-state index is -1.86. The maximum atomic E-state index is 6.55. The summed E-state index contributed by atoms with van der Waals surface area (Å²) in [5.41, 5.74) is 15.8. The van der Waals surface area contributed by atoms with Gasteiger partial charge in [-0.2, -0.15) is 0 Å². The van der Waals surface area contributed by atoms with Crippen LogP contribution in [0, 0.1) is 18.1 Å². The molecule has 0 bridgehead atoms. The van der Waals surface area contributed by atoms with Crippen LogP contribution in [0.4, 0.5) is 0 Å². The van der Waals surface area contributed by atoms with Gasteiger partial charge in [0.1, 0.15) is 5.58 Å². The summed E-state index contributed by atoms with van der Waals surface area (Å²) < 4.78 is 10.4. The van der Waals surface area contributed by atoms with Crippen LogP contribution >= 0.6 is 0 Å². The van der Waals surface area contributed by atoms with Crippen molar-refractivity contribution in [2.45, 2.75) is 77.1 Å². The number of aromatic nitrogens is 4. The van der Waals surface area contributed by atoms with Gasteiger partial charge in [0.2, 0.25) is 0 Å². The van der Waals surface area contributed by atoms with E-state index in [1.54, 1.807) is 4.40 Å². The molecule has 0 unspecified atom stereocenters. The summed E-state index contributed by atoms with van der Waals surface area (Å²) in [6.07, 6.45) is 3.27. The summed E-state index contributed by atoms with van der Waals surface area (Å²) >= 11 is -1.86. The summed E-state index contributed by atoms with van der Waals surface area (Å²) in [5.74, 6) is 9.27. The Labute approximate surface area is 412 Å². The monoisotopic (exact) mass is 1120 g/mol. The van der Waals surface area contributed by atoms with Crippen LogP contribution in [0.15, 0.2) is 162 Å². The molecule has 5 nitrogen and oxygen atoms in total. The van der Waals surface area contributed by atoms with Crippen molar-refractivity contribution in [2.24, 2.45) is 5.92 Å². The fraction of sp³-hybridized carbons (Fsp3) is 0.217. The molecule has 0 saturated heterocycles. The number of nitrogens with zero attached hydrogens (tertiary/aromatic N) is 4. The molecule has 0 aliphatic carbocycles. The summed E-state index contributed by atoms with van der Waals surface area (Å²) in [5, 5.41) is 2.13. The minimum Gasteiger partial charge on any atom is -0.501 e. The van der Waals surface area contributed by atoms with Crippen LogP contribution in [0.25, 0.3) is 83.8 Å². The average Bonchev–Trinajstić information content (AvgIpc) is 3.90. The Hall–Kier alpha value is -5.92. The van der Waals surface area contributed by atoms with Gasteiger partial charge in [0, 0.05) is 36.7 Å². The summed E-state index contributed by atoms with van der Waals surface area (Å²) in [7, 11) is 0. The molecule has 1 radical (unpaired) electrons. The Morgan fingerprint density at radius 2 is 1.27 bits per heavy atom. The number of hydrogen-bond donors (Lipinski definition) is 0. The molecular weight excluding hydrogens is 1060 g/mol. The topological polar surface area (TPSA) is 56.7 Å². The molecule has 7 heteroatoms. The van der Waals surface area contributed by atoms with E-state index in [2.05, 4.69) is 179 Å². The second kappa shape index (κ2) is 20.1. The van der Waals surface area contributed by atoms with Gasteiger partial charge in [0.25, 0.3) is 0 Å². The molecule has 4 heterocycles. The van der Waals surface area contributed by atoms with E-state index >= 15 is 0 Å². The van der Waals surface area contributed by atoms with Gasteiger partial charge >= 0.3 is 126 Å². The Morgan fingerprint density at radius 1 is 0.612 bits per heavy atom. The number of imidazole rings is 1. The summed E-state index contributed by atoms with van der Waals surface area (Å²) in [6.45, 7) is 13.7. The van der Waals surface area contributed by atoms with Crippen molar-refractivity contribution in [1.29, 1.82) is 0 Å². The number of para-hydroxylation sites is 1. The molecule has 0 atom stereocenters. The molecule has 0 aliphatic rings. The first-order valence-electron chi connectivity index (χ1n) is 23.3. The molecule has 339 valence electrons. The number of hydrogen-bond acceptors (Lipinski definition) is 4. The van der Waals surface area contributed by atoms with Crippen molar-refractivity contribution in [3.63, 3.8) is 0 Å². The Kier molecular flexibility index (Phi) is 14.3. The molecule has 10 rings (SSSR count). The molecule has 0 aliphatic heterocycles. The zero-order valence-electron chi connectivity index (χ0n) is 40.0. The zero-order chi connectivity index (χ0) is 46.1. The smallest absolute Gasteiger partial charge is 0.168 e. The molecule has 67 heavy (non-hydrogen) atoms. The second-order valence-electron chi connectivity index (χ2n) is 19.4. The Morgan fingerprint density at radius 3 is 1.91 bits per heavy atom. The molecule has 0 amide bonds. The maximum Gasteiger partial charge on any atom is 0.168 e. The molecule has 4 aromatic heterocycles. The Balaban J connectivity index is 0.000000244. The largest absolute Gasteiger partial charge is 0.501 e. The van der Waals surface area contributed by atoms with Crippen LogP contribution in [0.3, 0.4) is 0 Å². The number of rotatable bonds is 10. The fourth-order valence-corrected chi connectivity index (χ4v) is 12.4. The maximum absolute atomic E-state index is 6.55. The number of fused-ring (bicyclic) bond motifs is 4. The second-order valence-corrected chi connectivity index (χ2v) is 30.0. The van der Waals surface area contributed by atoms with Gasteiger partial charge in [-0.05, 0) is 64.4 Å². The normalized spacial score (nSPS) is 11.7. The third-order valence-electron chi connectivity index (χ3n) is 12.3. The van der Waals surface area contributed by atoms with Crippen molar-refractivity contribution >= 4 is 50.8 Å². The molecule has 6 aromatic carbocycles. The number of pyridine rings is 2. The van der Waals surface area contributed by atoms with Gasteiger partial charge in [-0.3, -0.25) is 4.98 Å². The molecule has 0 N–H and O–H groups in total. The third kappa shape index (κ3) is 9.90.